The van der Waals surface area contributed by atoms with Gasteiger partial charge in [0.15, 0.2) is 0 Å². The van der Waals surface area contributed by atoms with Crippen LogP contribution in [0.4, 0.5) is 0 Å². The van der Waals surface area contributed by atoms with Crippen LogP contribution in [0.1, 0.15) is 71.9 Å². The van der Waals surface area contributed by atoms with Gasteiger partial charge in [-0.25, -0.2) is 0 Å². The van der Waals surface area contributed by atoms with E-state index in [0.29, 0.717) is 8.21 Å². The van der Waals surface area contributed by atoms with Gasteiger partial charge in [-0.3, -0.25) is 0 Å². The van der Waals surface area contributed by atoms with Gasteiger partial charge in [0.25, 0.3) is 0 Å². The fourth-order valence-electron chi connectivity index (χ4n) is 6.01. The standard InChI is InChI=1S/C16H21Si.C10H15.2ClH.Hf/c1-2-3-11-17(12-6-13-17)16-10-9-14-7-4-5-8-15(14)16;1-7-6-10(4,5)9(3)8(7)2;;;/h4-5,7-10H,2-3,6,11-13H2,1H3;1-5H3;2*1H;/q;;;;+2/p-2. The quantitative estimate of drug-likeness (QED) is 0.424. The molecular weight excluding hydrogens is 590 g/mol. The van der Waals surface area contributed by atoms with Crippen molar-refractivity contribution in [3.63, 3.8) is 0 Å². The Hall–Kier alpha value is 0.107. The number of halogens is 2. The van der Waals surface area contributed by atoms with Crippen molar-refractivity contribution in [2.75, 3.05) is 0 Å². The Kier molecular flexibility index (Phi) is 8.38. The average Bonchev–Trinajstić information content (AvgIpc) is 3.09. The van der Waals surface area contributed by atoms with E-state index in [1.54, 1.807) is 46.0 Å². The smallest absolute Gasteiger partial charge is 1.00 e. The molecule has 1 aromatic rings. The van der Waals surface area contributed by atoms with E-state index in [2.05, 4.69) is 78.0 Å². The van der Waals surface area contributed by atoms with Crippen molar-refractivity contribution < 1.29 is 47.7 Å². The summed E-state index contributed by atoms with van der Waals surface area (Å²) in [7, 11) is -1.29. The fourth-order valence-corrected chi connectivity index (χ4v) is 25.8. The number of allylic oxidation sites excluding steroid dienone is 5. The summed E-state index contributed by atoms with van der Waals surface area (Å²) < 4.78 is 2.43. The molecular formula is C26H36Cl2HfSi. The van der Waals surface area contributed by atoms with Crippen molar-refractivity contribution in [1.82, 2.24) is 0 Å². The molecule has 1 atom stereocenters. The Morgan fingerprint density at radius 2 is 1.67 bits per heavy atom. The summed E-state index contributed by atoms with van der Waals surface area (Å²) >= 11 is -1.13. The Bertz CT molecular complexity index is 892. The summed E-state index contributed by atoms with van der Waals surface area (Å²) in [5, 5.41) is 0. The van der Waals surface area contributed by atoms with Gasteiger partial charge in [-0.15, -0.1) is 0 Å². The van der Waals surface area contributed by atoms with Crippen LogP contribution in [0.25, 0.3) is 6.08 Å². The van der Waals surface area contributed by atoms with Crippen LogP contribution < -0.4 is 24.8 Å². The van der Waals surface area contributed by atoms with E-state index >= 15 is 0 Å². The van der Waals surface area contributed by atoms with Crippen LogP contribution in [0.2, 0.25) is 18.1 Å². The molecule has 1 aliphatic heterocycles. The minimum Gasteiger partial charge on any atom is -1.00 e. The minimum absolute atomic E-state index is 0. The Morgan fingerprint density at radius 1 is 1.00 bits per heavy atom. The molecule has 0 saturated carbocycles. The molecule has 0 aromatic heterocycles. The van der Waals surface area contributed by atoms with Gasteiger partial charge < -0.3 is 24.8 Å². The van der Waals surface area contributed by atoms with E-state index < -0.39 is 31.0 Å². The van der Waals surface area contributed by atoms with Gasteiger partial charge in [0.1, 0.15) is 0 Å². The molecule has 3 aliphatic rings. The molecule has 1 heterocycles. The average molecular weight is 626 g/mol. The Labute approximate surface area is 209 Å². The normalized spacial score (nSPS) is 25.3. The predicted octanol–water partition coefficient (Wildman–Crippen LogP) is 1.84. The van der Waals surface area contributed by atoms with Gasteiger partial charge >= 0.3 is 186 Å². The van der Waals surface area contributed by atoms with Crippen molar-refractivity contribution >= 4 is 14.1 Å². The van der Waals surface area contributed by atoms with Crippen LogP contribution >= 0.6 is 0 Å². The summed E-state index contributed by atoms with van der Waals surface area (Å²) in [5.74, 6) is 0. The summed E-state index contributed by atoms with van der Waals surface area (Å²) in [6.07, 6.45) is 9.60. The zero-order chi connectivity index (χ0) is 20.2. The molecule has 0 nitrogen and oxygen atoms in total. The molecule has 1 saturated heterocycles. The maximum absolute atomic E-state index is 2.78. The van der Waals surface area contributed by atoms with Crippen LogP contribution in [-0.2, 0) is 25.7 Å². The van der Waals surface area contributed by atoms with E-state index in [0.717, 1.165) is 0 Å². The maximum Gasteiger partial charge on any atom is -1.00 e. The second kappa shape index (κ2) is 9.54. The number of fused-ring (bicyclic) bond motifs is 1. The fraction of sp³-hybridized carbons (Fsp3) is 0.538. The van der Waals surface area contributed by atoms with Gasteiger partial charge in [-0.1, -0.05) is 0 Å². The first-order valence-corrected chi connectivity index (χ1v) is 17.5. The van der Waals surface area contributed by atoms with E-state index in [-0.39, 0.29) is 24.8 Å². The molecule has 1 aromatic carbocycles. The van der Waals surface area contributed by atoms with Gasteiger partial charge in [0.05, 0.1) is 0 Å². The zero-order valence-electron chi connectivity index (χ0n) is 19.5. The van der Waals surface area contributed by atoms with Gasteiger partial charge in [-0.2, -0.15) is 0 Å². The number of hydrogen-bond donors (Lipinski definition) is 0. The third-order valence-electron chi connectivity index (χ3n) is 8.44. The van der Waals surface area contributed by atoms with E-state index in [1.807, 2.05) is 3.33 Å². The summed E-state index contributed by atoms with van der Waals surface area (Å²) in [6, 6.07) is 14.2. The van der Waals surface area contributed by atoms with Crippen LogP contribution in [0.5, 0.6) is 0 Å². The SMILES string of the molecule is CCCC[Si]1([C]2([Hf+2][C]3=C(C)C(C)=C(C)C3(C)C)C=Cc3ccccc32)CCC1.[Cl-].[Cl-]. The van der Waals surface area contributed by atoms with Crippen molar-refractivity contribution in [2.45, 2.75) is 81.7 Å². The zero-order valence-corrected chi connectivity index (χ0v) is 25.6. The number of benzene rings is 1. The number of rotatable bonds is 6. The van der Waals surface area contributed by atoms with Crippen LogP contribution in [0.3, 0.4) is 0 Å². The number of unbranched alkanes of at least 4 members (excludes halogenated alkanes) is 1. The second-order valence-electron chi connectivity index (χ2n) is 9.97. The number of hydrogen-bond acceptors (Lipinski definition) is 0. The van der Waals surface area contributed by atoms with Crippen molar-refractivity contribution in [1.29, 1.82) is 0 Å². The summed E-state index contributed by atoms with van der Waals surface area (Å²) in [4.78, 5) is 0. The van der Waals surface area contributed by atoms with E-state index in [9.17, 15) is 0 Å². The van der Waals surface area contributed by atoms with Crippen LogP contribution in [0.15, 0.2) is 50.4 Å². The molecule has 30 heavy (non-hydrogen) atoms. The topological polar surface area (TPSA) is 0 Å². The predicted molar refractivity (Wildman–Crippen MR) is 122 cm³/mol. The molecule has 0 spiro atoms. The molecule has 162 valence electrons. The molecule has 4 heteroatoms. The third-order valence-corrected chi connectivity index (χ3v) is 28.7. The second-order valence-corrected chi connectivity index (χ2v) is 22.1. The third kappa shape index (κ3) is 3.76. The monoisotopic (exact) mass is 626 g/mol. The maximum atomic E-state index is 2.78. The van der Waals surface area contributed by atoms with Gasteiger partial charge in [-0.05, 0) is 0 Å². The van der Waals surface area contributed by atoms with E-state index in [1.165, 1.54) is 19.3 Å². The first kappa shape index (κ1) is 26.4. The van der Waals surface area contributed by atoms with Gasteiger partial charge in [0.2, 0.25) is 0 Å². The molecule has 0 radical (unpaired) electrons. The molecule has 4 rings (SSSR count). The first-order chi connectivity index (χ1) is 13.3. The molecule has 0 amide bonds. The molecule has 0 bridgehead atoms. The largest absolute Gasteiger partial charge is 1.00 e. The Balaban J connectivity index is 0.00000160. The van der Waals surface area contributed by atoms with Crippen molar-refractivity contribution in [2.24, 2.45) is 5.41 Å². The van der Waals surface area contributed by atoms with E-state index in [4.69, 9.17) is 0 Å². The molecule has 0 N–H and O–H groups in total. The van der Waals surface area contributed by atoms with Crippen LogP contribution in [-0.4, -0.2) is 8.07 Å². The van der Waals surface area contributed by atoms with Gasteiger partial charge in [0, 0.05) is 0 Å². The summed E-state index contributed by atoms with van der Waals surface area (Å²) in [5.41, 5.74) is 8.48. The van der Waals surface area contributed by atoms with Crippen LogP contribution in [0, 0.1) is 5.41 Å². The van der Waals surface area contributed by atoms with Crippen molar-refractivity contribution in [3.8, 4) is 0 Å². The first-order valence-electron chi connectivity index (χ1n) is 11.3. The minimum atomic E-state index is -1.29. The molecule has 1 fully saturated rings. The molecule has 2 aliphatic carbocycles. The molecule has 1 unspecified atom stereocenters. The van der Waals surface area contributed by atoms with Crippen molar-refractivity contribution in [3.05, 3.63) is 61.5 Å². The Morgan fingerprint density at radius 3 is 2.20 bits per heavy atom. The summed E-state index contributed by atoms with van der Waals surface area (Å²) in [6.45, 7) is 14.6.